The number of aromatic nitrogens is 1. The molecule has 1 aromatic heterocycles. The predicted molar refractivity (Wildman–Crippen MR) is 126 cm³/mol. The maximum Gasteiger partial charge on any atom is 0.413 e. The highest BCUT2D eigenvalue weighted by Gasteiger charge is 2.40. The average molecular weight is 493 g/mol. The lowest BCUT2D eigenvalue weighted by atomic mass is 9.98. The number of carboxylic acids is 1. The molecule has 5 rings (SSSR count). The van der Waals surface area contributed by atoms with Crippen LogP contribution in [0.15, 0.2) is 48.5 Å². The fraction of sp³-hybridized carbons (Fsp3) is 0.208. The Balaban J connectivity index is 1.26. The summed E-state index contributed by atoms with van der Waals surface area (Å²) in [5.74, 6) is -2.67. The van der Waals surface area contributed by atoms with E-state index >= 15 is 0 Å². The molecule has 3 amide bonds. The Bertz CT molecular complexity index is 1320. The number of benzene rings is 2. The van der Waals surface area contributed by atoms with Crippen molar-refractivity contribution in [2.24, 2.45) is 0 Å². The first-order valence-electron chi connectivity index (χ1n) is 10.8. The molecule has 2 aliphatic rings. The third-order valence-corrected chi connectivity index (χ3v) is 7.04. The molecule has 1 saturated heterocycles. The van der Waals surface area contributed by atoms with E-state index in [9.17, 15) is 24.3 Å². The second kappa shape index (κ2) is 8.84. The number of anilines is 1. The maximum atomic E-state index is 12.8. The van der Waals surface area contributed by atoms with Crippen molar-refractivity contribution in [1.29, 1.82) is 0 Å². The molecule has 1 atom stereocenters. The molecule has 3 aromatic rings. The lowest BCUT2D eigenvalue weighted by Gasteiger charge is -2.19. The van der Waals surface area contributed by atoms with Gasteiger partial charge in [-0.05, 0) is 29.2 Å². The number of rotatable bonds is 5. The topological polar surface area (TPSA) is 138 Å². The summed E-state index contributed by atoms with van der Waals surface area (Å²) in [5, 5.41) is 12.7. The van der Waals surface area contributed by atoms with Crippen LogP contribution in [0.1, 0.15) is 38.8 Å². The molecule has 1 fully saturated rings. The molecule has 2 aromatic carbocycles. The molecule has 1 unspecified atom stereocenters. The number of hydrogen-bond donors (Lipinski definition) is 3. The van der Waals surface area contributed by atoms with Crippen LogP contribution >= 0.6 is 11.3 Å². The van der Waals surface area contributed by atoms with E-state index < -0.39 is 29.9 Å². The summed E-state index contributed by atoms with van der Waals surface area (Å²) in [6.07, 6.45) is -1.05. The zero-order valence-corrected chi connectivity index (χ0v) is 19.3. The van der Waals surface area contributed by atoms with Gasteiger partial charge in [-0.2, -0.15) is 0 Å². The van der Waals surface area contributed by atoms with E-state index in [1.807, 2.05) is 48.5 Å². The van der Waals surface area contributed by atoms with Crippen molar-refractivity contribution in [3.05, 3.63) is 70.2 Å². The number of thiazole rings is 1. The van der Waals surface area contributed by atoms with Crippen LogP contribution in [0.3, 0.4) is 0 Å². The second-order valence-corrected chi connectivity index (χ2v) is 9.15. The molecule has 178 valence electrons. The molecule has 35 heavy (non-hydrogen) atoms. The van der Waals surface area contributed by atoms with Crippen LogP contribution in [-0.4, -0.2) is 51.6 Å². The van der Waals surface area contributed by atoms with Crippen molar-refractivity contribution in [1.82, 2.24) is 15.4 Å². The van der Waals surface area contributed by atoms with Crippen molar-refractivity contribution in [2.75, 3.05) is 11.9 Å². The van der Waals surface area contributed by atoms with Crippen LogP contribution in [0.5, 0.6) is 0 Å². The van der Waals surface area contributed by atoms with Crippen molar-refractivity contribution in [3.8, 4) is 11.1 Å². The Morgan fingerprint density at radius 3 is 2.40 bits per heavy atom. The van der Waals surface area contributed by atoms with Gasteiger partial charge in [-0.3, -0.25) is 20.3 Å². The minimum atomic E-state index is -1.31. The molecule has 0 radical (unpaired) electrons. The van der Waals surface area contributed by atoms with Crippen LogP contribution in [0.25, 0.3) is 11.1 Å². The fourth-order valence-electron chi connectivity index (χ4n) is 4.39. The molecule has 1 aliphatic heterocycles. The third-order valence-electron chi connectivity index (χ3n) is 5.98. The van der Waals surface area contributed by atoms with Gasteiger partial charge in [0.2, 0.25) is 5.91 Å². The van der Waals surface area contributed by atoms with Gasteiger partial charge in [0.15, 0.2) is 11.2 Å². The Morgan fingerprint density at radius 2 is 1.77 bits per heavy atom. The van der Waals surface area contributed by atoms with Crippen molar-refractivity contribution >= 4 is 40.3 Å². The SMILES string of the molecule is Cc1nc(NC(=O)OCC2c3ccccc3-c3ccccc32)sc1C(=O)N1NC(=O)CC1C(=O)O. The second-order valence-electron chi connectivity index (χ2n) is 8.15. The summed E-state index contributed by atoms with van der Waals surface area (Å²) in [6.45, 7) is 1.68. The van der Waals surface area contributed by atoms with E-state index in [1.165, 1.54) is 0 Å². The number of carbonyl (C=O) groups is 4. The summed E-state index contributed by atoms with van der Waals surface area (Å²) in [6, 6.07) is 14.7. The van der Waals surface area contributed by atoms with Crippen molar-refractivity contribution < 1.29 is 29.0 Å². The summed E-state index contributed by atoms with van der Waals surface area (Å²) < 4.78 is 5.50. The molecule has 3 N–H and O–H groups in total. The van der Waals surface area contributed by atoms with Gasteiger partial charge < -0.3 is 9.84 Å². The van der Waals surface area contributed by atoms with Gasteiger partial charge in [-0.25, -0.2) is 19.6 Å². The van der Waals surface area contributed by atoms with Gasteiger partial charge in [0.1, 0.15) is 11.5 Å². The van der Waals surface area contributed by atoms with Gasteiger partial charge in [0, 0.05) is 5.92 Å². The number of amides is 3. The maximum absolute atomic E-state index is 12.8. The van der Waals surface area contributed by atoms with Gasteiger partial charge in [0.25, 0.3) is 5.91 Å². The van der Waals surface area contributed by atoms with Gasteiger partial charge in [0.05, 0.1) is 12.1 Å². The number of hydrazine groups is 1. The van der Waals surface area contributed by atoms with Gasteiger partial charge in [-0.1, -0.05) is 59.9 Å². The third kappa shape index (κ3) is 4.10. The Kier molecular flexibility index (Phi) is 5.69. The monoisotopic (exact) mass is 492 g/mol. The van der Waals surface area contributed by atoms with Crippen molar-refractivity contribution in [3.63, 3.8) is 0 Å². The van der Waals surface area contributed by atoms with E-state index in [1.54, 1.807) is 6.92 Å². The predicted octanol–water partition coefficient (Wildman–Crippen LogP) is 3.14. The first-order valence-corrected chi connectivity index (χ1v) is 11.6. The largest absolute Gasteiger partial charge is 0.480 e. The van der Waals surface area contributed by atoms with Crippen LogP contribution in [-0.2, 0) is 14.3 Å². The Hall–Kier alpha value is -4.25. The van der Waals surface area contributed by atoms with Crippen LogP contribution in [0, 0.1) is 6.92 Å². The number of nitrogens with zero attached hydrogens (tertiary/aromatic N) is 2. The molecule has 2 heterocycles. The van der Waals surface area contributed by atoms with Crippen LogP contribution in [0.2, 0.25) is 0 Å². The smallest absolute Gasteiger partial charge is 0.413 e. The van der Waals surface area contributed by atoms with E-state index in [2.05, 4.69) is 15.7 Å². The minimum Gasteiger partial charge on any atom is -0.480 e. The number of aliphatic carboxylic acids is 1. The zero-order valence-electron chi connectivity index (χ0n) is 18.5. The number of fused-ring (bicyclic) bond motifs is 3. The lowest BCUT2D eigenvalue weighted by Crippen LogP contribution is -2.46. The van der Waals surface area contributed by atoms with Gasteiger partial charge in [-0.15, -0.1) is 0 Å². The molecule has 11 heteroatoms. The molecule has 0 bridgehead atoms. The number of hydrogen-bond acceptors (Lipinski definition) is 7. The molecule has 0 spiro atoms. The average Bonchev–Trinajstić information content (AvgIpc) is 3.50. The molecule has 10 nitrogen and oxygen atoms in total. The zero-order chi connectivity index (χ0) is 24.7. The number of nitrogens with one attached hydrogen (secondary N) is 2. The quantitative estimate of drug-likeness (QED) is 0.497. The van der Waals surface area contributed by atoms with E-state index in [4.69, 9.17) is 4.74 Å². The first kappa shape index (κ1) is 22.5. The first-order chi connectivity index (χ1) is 16.8. The van der Waals surface area contributed by atoms with Crippen LogP contribution in [0.4, 0.5) is 9.93 Å². The highest BCUT2D eigenvalue weighted by Crippen LogP contribution is 2.44. The standard InChI is InChI=1S/C24H20N4O6S/c1-12-20(21(30)28-18(22(31)32)10-19(29)27-28)35-23(25-12)26-24(33)34-11-17-15-8-4-2-6-13(15)14-7-3-5-9-16(14)17/h2-9,17-18H,10-11H2,1H3,(H,27,29)(H,31,32)(H,25,26,33). The fourth-order valence-corrected chi connectivity index (χ4v) is 5.28. The lowest BCUT2D eigenvalue weighted by molar-refractivity contribution is -0.142. The normalized spacial score (nSPS) is 16.4. The number of aryl methyl sites for hydroxylation is 1. The van der Waals surface area contributed by atoms with Crippen LogP contribution < -0.4 is 10.7 Å². The van der Waals surface area contributed by atoms with Crippen molar-refractivity contribution in [2.45, 2.75) is 25.3 Å². The molecular weight excluding hydrogens is 472 g/mol. The molecule has 0 saturated carbocycles. The summed E-state index contributed by atoms with van der Waals surface area (Å²) in [5.41, 5.74) is 6.95. The summed E-state index contributed by atoms with van der Waals surface area (Å²) >= 11 is 0.875. The molecular formula is C24H20N4O6S. The number of carboxylic acid groups (broad SMARTS) is 1. The number of ether oxygens (including phenoxy) is 1. The summed E-state index contributed by atoms with van der Waals surface area (Å²) in [4.78, 5) is 52.7. The Morgan fingerprint density at radius 1 is 1.14 bits per heavy atom. The summed E-state index contributed by atoms with van der Waals surface area (Å²) in [7, 11) is 0. The van der Waals surface area contributed by atoms with E-state index in [0.717, 1.165) is 38.6 Å². The minimum absolute atomic E-state index is 0.102. The van der Waals surface area contributed by atoms with E-state index in [-0.39, 0.29) is 29.0 Å². The highest BCUT2D eigenvalue weighted by atomic mass is 32.1. The molecule has 1 aliphatic carbocycles. The Labute approximate surface area is 203 Å². The number of carbonyl (C=O) groups excluding carboxylic acids is 3. The van der Waals surface area contributed by atoms with Gasteiger partial charge >= 0.3 is 12.1 Å². The van der Waals surface area contributed by atoms with E-state index in [0.29, 0.717) is 5.69 Å². The highest BCUT2D eigenvalue weighted by molar-refractivity contribution is 7.17.